The fourth-order valence-electron chi connectivity index (χ4n) is 3.77. The van der Waals surface area contributed by atoms with Gasteiger partial charge in [-0.1, -0.05) is 23.4 Å². The van der Waals surface area contributed by atoms with Gasteiger partial charge >= 0.3 is 12.3 Å². The third-order valence-corrected chi connectivity index (χ3v) is 5.91. The van der Waals surface area contributed by atoms with Crippen LogP contribution >= 0.6 is 23.4 Å². The van der Waals surface area contributed by atoms with Crippen molar-refractivity contribution in [1.29, 1.82) is 0 Å². The number of thioether (sulfide) groups is 1. The Labute approximate surface area is 195 Å². The van der Waals surface area contributed by atoms with Crippen molar-refractivity contribution in [2.75, 3.05) is 30.8 Å². The van der Waals surface area contributed by atoms with Crippen molar-refractivity contribution in [2.24, 2.45) is 0 Å². The number of halogens is 5. The normalized spacial score (nSPS) is 20.9. The van der Waals surface area contributed by atoms with Crippen LogP contribution in [0.5, 0.6) is 5.88 Å². The van der Waals surface area contributed by atoms with Crippen molar-refractivity contribution in [3.63, 3.8) is 0 Å². The molecule has 8 nitrogen and oxygen atoms in total. The van der Waals surface area contributed by atoms with Crippen LogP contribution in [0.1, 0.15) is 20.8 Å². The molecule has 2 aromatic heterocycles. The quantitative estimate of drug-likeness (QED) is 0.244. The number of carbonyl (C=O) groups is 1. The van der Waals surface area contributed by atoms with E-state index in [1.807, 2.05) is 0 Å². The van der Waals surface area contributed by atoms with Crippen LogP contribution in [0.2, 0.25) is 5.15 Å². The van der Waals surface area contributed by atoms with Crippen molar-refractivity contribution in [3.8, 4) is 5.88 Å². The van der Waals surface area contributed by atoms with Crippen molar-refractivity contribution >= 4 is 46.2 Å². The molecule has 0 aromatic carbocycles. The van der Waals surface area contributed by atoms with E-state index < -0.39 is 46.9 Å². The summed E-state index contributed by atoms with van der Waals surface area (Å²) in [6.07, 6.45) is -6.33. The van der Waals surface area contributed by atoms with E-state index in [2.05, 4.69) is 15.0 Å². The number of ether oxygens (including phenoxy) is 2. The molecule has 0 radical (unpaired) electrons. The van der Waals surface area contributed by atoms with Crippen molar-refractivity contribution in [3.05, 3.63) is 11.0 Å². The van der Waals surface area contributed by atoms with Crippen LogP contribution in [0, 0.1) is 5.82 Å². The fourth-order valence-corrected chi connectivity index (χ4v) is 4.30. The van der Waals surface area contributed by atoms with E-state index in [0.29, 0.717) is 0 Å². The highest BCUT2D eigenvalue weighted by molar-refractivity contribution is 7.98. The smallest absolute Gasteiger partial charge is 0.427 e. The number of nitrogens with zero attached hydrogens (tertiary/aromatic N) is 5. The number of hydrogen-bond donors (Lipinski definition) is 0. The lowest BCUT2D eigenvalue weighted by molar-refractivity contribution is -0.203. The topological polar surface area (TPSA) is 80.7 Å². The lowest BCUT2D eigenvalue weighted by Gasteiger charge is -2.43. The van der Waals surface area contributed by atoms with Gasteiger partial charge in [-0.2, -0.15) is 18.2 Å². The van der Waals surface area contributed by atoms with Gasteiger partial charge in [0.15, 0.2) is 16.1 Å². The molecule has 2 aliphatic heterocycles. The first-order valence-electron chi connectivity index (χ1n) is 9.89. The third kappa shape index (κ3) is 4.44. The van der Waals surface area contributed by atoms with Gasteiger partial charge < -0.3 is 19.3 Å². The average molecular weight is 510 g/mol. The minimum atomic E-state index is -4.84. The molecule has 2 aromatic rings. The Hall–Kier alpha value is -2.28. The van der Waals surface area contributed by atoms with Gasteiger partial charge in [-0.05, 0) is 27.0 Å². The van der Waals surface area contributed by atoms with Crippen LogP contribution in [0.3, 0.4) is 0 Å². The molecule has 0 bridgehead atoms. The summed E-state index contributed by atoms with van der Waals surface area (Å²) in [5, 5.41) is -0.619. The van der Waals surface area contributed by atoms with Gasteiger partial charge in [0.2, 0.25) is 12.0 Å². The standard InChI is InChI=1S/C19H20ClF4N5O3S/c1-18(2,3)32-17(30)28-5-6-29-8(7-28)12(19(22,23)24)31-15-9-11(10(21)13(20)26-15)25-16(33-4)27-14(9)29/h8,12H,5-7H2,1-4H3/t8-,12+/m0/s1. The summed E-state index contributed by atoms with van der Waals surface area (Å²) >= 11 is 6.94. The maximum Gasteiger partial charge on any atom is 0.427 e. The molecule has 33 heavy (non-hydrogen) atoms. The van der Waals surface area contributed by atoms with E-state index in [-0.39, 0.29) is 41.5 Å². The SMILES string of the molecule is CSc1nc2c3c(nc(Cl)c(F)c3n1)O[C@@H](C(F)(F)F)[C@@H]1CN(C(=O)OC(C)(C)C)CCN21. The number of anilines is 1. The minimum absolute atomic E-state index is 0.0243. The maximum absolute atomic E-state index is 14.8. The third-order valence-electron chi connectivity index (χ3n) is 5.11. The average Bonchev–Trinajstić information content (AvgIpc) is 2.85. The van der Waals surface area contributed by atoms with E-state index >= 15 is 0 Å². The number of alkyl halides is 3. The Balaban J connectivity index is 1.86. The first-order chi connectivity index (χ1) is 15.3. The van der Waals surface area contributed by atoms with Crippen LogP contribution in [-0.4, -0.2) is 75.8 Å². The molecule has 180 valence electrons. The first-order valence-corrected chi connectivity index (χ1v) is 11.5. The number of hydrogen-bond acceptors (Lipinski definition) is 8. The molecule has 4 heterocycles. The summed E-state index contributed by atoms with van der Waals surface area (Å²) in [4.78, 5) is 27.3. The number of piperazine rings is 1. The van der Waals surface area contributed by atoms with Crippen molar-refractivity contribution < 1.29 is 31.8 Å². The maximum atomic E-state index is 14.8. The molecule has 1 fully saturated rings. The van der Waals surface area contributed by atoms with E-state index in [1.165, 1.54) is 9.80 Å². The second-order valence-corrected chi connectivity index (χ2v) is 9.68. The lowest BCUT2D eigenvalue weighted by Crippen LogP contribution is -2.63. The summed E-state index contributed by atoms with van der Waals surface area (Å²) in [5.41, 5.74) is -1.10. The van der Waals surface area contributed by atoms with E-state index in [4.69, 9.17) is 21.1 Å². The Bertz CT molecular complexity index is 1110. The van der Waals surface area contributed by atoms with Gasteiger partial charge in [-0.3, -0.25) is 0 Å². The van der Waals surface area contributed by atoms with Crippen LogP contribution < -0.4 is 9.64 Å². The summed E-state index contributed by atoms with van der Waals surface area (Å²) in [6, 6.07) is -1.39. The monoisotopic (exact) mass is 509 g/mol. The molecule has 2 aliphatic rings. The molecule has 4 rings (SSSR count). The number of fused-ring (bicyclic) bond motifs is 2. The second kappa shape index (κ2) is 8.19. The Morgan fingerprint density at radius 3 is 2.52 bits per heavy atom. The van der Waals surface area contributed by atoms with Crippen molar-refractivity contribution in [1.82, 2.24) is 19.9 Å². The summed E-state index contributed by atoms with van der Waals surface area (Å²) in [6.45, 7) is 4.67. The number of carbonyl (C=O) groups excluding carboxylic acids is 1. The molecule has 2 atom stereocenters. The van der Waals surface area contributed by atoms with E-state index in [9.17, 15) is 22.4 Å². The highest BCUT2D eigenvalue weighted by atomic mass is 35.5. The molecule has 0 unspecified atom stereocenters. The molecule has 0 aliphatic carbocycles. The zero-order chi connectivity index (χ0) is 24.3. The molecular weight excluding hydrogens is 490 g/mol. The fraction of sp³-hybridized carbons (Fsp3) is 0.579. The number of aromatic nitrogens is 3. The molecule has 1 amide bonds. The highest BCUT2D eigenvalue weighted by Crippen LogP contribution is 2.43. The zero-order valence-electron chi connectivity index (χ0n) is 18.0. The number of pyridine rings is 1. The molecule has 0 spiro atoms. The highest BCUT2D eigenvalue weighted by Gasteiger charge is 2.54. The molecule has 0 saturated carbocycles. The predicted octanol–water partition coefficient (Wildman–Crippen LogP) is 4.29. The summed E-state index contributed by atoms with van der Waals surface area (Å²) in [5.74, 6) is -1.45. The lowest BCUT2D eigenvalue weighted by atomic mass is 10.1. The number of rotatable bonds is 1. The van der Waals surface area contributed by atoms with Gasteiger partial charge in [0.25, 0.3) is 0 Å². The molecule has 1 saturated heterocycles. The largest absolute Gasteiger partial charge is 0.462 e. The molecular formula is C19H20ClF4N5O3S. The Morgan fingerprint density at radius 2 is 1.91 bits per heavy atom. The summed E-state index contributed by atoms with van der Waals surface area (Å²) in [7, 11) is 0. The molecule has 14 heteroatoms. The number of amides is 1. The van der Waals surface area contributed by atoms with Crippen LogP contribution in [0.4, 0.5) is 28.2 Å². The van der Waals surface area contributed by atoms with E-state index in [1.54, 1.807) is 27.0 Å². The van der Waals surface area contributed by atoms with Gasteiger partial charge in [-0.25, -0.2) is 19.2 Å². The van der Waals surface area contributed by atoms with Gasteiger partial charge in [-0.15, -0.1) is 0 Å². The molecule has 0 N–H and O–H groups in total. The van der Waals surface area contributed by atoms with Gasteiger partial charge in [0.1, 0.15) is 22.3 Å². The predicted molar refractivity (Wildman–Crippen MR) is 113 cm³/mol. The van der Waals surface area contributed by atoms with Gasteiger partial charge in [0, 0.05) is 19.6 Å². The van der Waals surface area contributed by atoms with Gasteiger partial charge in [0.05, 0.1) is 6.04 Å². The Kier molecular flexibility index (Phi) is 5.92. The minimum Gasteiger partial charge on any atom is -0.462 e. The van der Waals surface area contributed by atoms with Crippen molar-refractivity contribution in [2.45, 2.75) is 49.9 Å². The summed E-state index contributed by atoms with van der Waals surface area (Å²) < 4.78 is 67.9. The zero-order valence-corrected chi connectivity index (χ0v) is 19.6. The van der Waals surface area contributed by atoms with E-state index in [0.717, 1.165) is 11.8 Å². The Morgan fingerprint density at radius 1 is 1.21 bits per heavy atom. The van der Waals surface area contributed by atoms with Crippen LogP contribution in [0.25, 0.3) is 10.9 Å². The second-order valence-electron chi connectivity index (χ2n) is 8.55. The first kappa shape index (κ1) is 23.9. The van der Waals surface area contributed by atoms with Crippen LogP contribution in [0.15, 0.2) is 5.16 Å². The van der Waals surface area contributed by atoms with Crippen LogP contribution in [-0.2, 0) is 4.74 Å².